The van der Waals surface area contributed by atoms with Crippen LogP contribution in [0.25, 0.3) is 0 Å². The van der Waals surface area contributed by atoms with Gasteiger partial charge in [-0.05, 0) is 46.1 Å². The van der Waals surface area contributed by atoms with Gasteiger partial charge in [0.05, 0.1) is 8.66 Å². The molecule has 0 saturated heterocycles. The number of thiophene rings is 1. The lowest BCUT2D eigenvalue weighted by Crippen LogP contribution is -2.45. The van der Waals surface area contributed by atoms with Gasteiger partial charge in [-0.3, -0.25) is 9.59 Å². The van der Waals surface area contributed by atoms with Crippen molar-refractivity contribution in [2.45, 2.75) is 18.9 Å². The van der Waals surface area contributed by atoms with E-state index < -0.39 is 6.04 Å². The van der Waals surface area contributed by atoms with E-state index in [0.29, 0.717) is 11.4 Å². The van der Waals surface area contributed by atoms with Crippen molar-refractivity contribution in [1.82, 2.24) is 10.6 Å². The summed E-state index contributed by atoms with van der Waals surface area (Å²) in [7, 11) is 0. The molecule has 0 radical (unpaired) electrons. The molecule has 4 nitrogen and oxygen atoms in total. The lowest BCUT2D eigenvalue weighted by atomic mass is 9.91. The van der Waals surface area contributed by atoms with Crippen molar-refractivity contribution >= 4 is 39.1 Å². The molecule has 0 aliphatic heterocycles. The number of rotatable bonds is 7. The highest BCUT2D eigenvalue weighted by atomic mass is 79.9. The molecule has 0 saturated carbocycles. The van der Waals surface area contributed by atoms with Crippen LogP contribution in [0.4, 0.5) is 0 Å². The fraction of sp³-hybridized carbons (Fsp3) is 0.182. The maximum absolute atomic E-state index is 12.6. The summed E-state index contributed by atoms with van der Waals surface area (Å²) in [6.45, 7) is 2.15. The topological polar surface area (TPSA) is 58.2 Å². The molecule has 3 aromatic rings. The normalized spacial score (nSPS) is 11.8. The van der Waals surface area contributed by atoms with Crippen molar-refractivity contribution < 1.29 is 9.59 Å². The molecule has 2 aromatic carbocycles. The van der Waals surface area contributed by atoms with Gasteiger partial charge in [-0.15, -0.1) is 11.3 Å². The summed E-state index contributed by atoms with van der Waals surface area (Å²) >= 11 is 4.68. The highest BCUT2D eigenvalue weighted by Gasteiger charge is 2.20. The highest BCUT2D eigenvalue weighted by Crippen LogP contribution is 2.24. The van der Waals surface area contributed by atoms with E-state index in [1.54, 1.807) is 13.0 Å². The molecule has 28 heavy (non-hydrogen) atoms. The van der Waals surface area contributed by atoms with E-state index in [1.807, 2.05) is 42.5 Å². The standard InChI is InChI=1S/C22H21BrN2O2S/c1-15(25-22(27)19-12-13-20(23)28-19)21(26)24-14-18(16-8-4-2-5-9-16)17-10-6-3-7-11-17/h2-13,15,18H,14H2,1H3,(H,24,26)(H,25,27). The second-order valence-electron chi connectivity index (χ2n) is 6.42. The predicted octanol–water partition coefficient (Wildman–Crippen LogP) is 4.58. The van der Waals surface area contributed by atoms with Gasteiger partial charge in [0, 0.05) is 12.5 Å². The maximum Gasteiger partial charge on any atom is 0.262 e. The summed E-state index contributed by atoms with van der Waals surface area (Å²) in [6.07, 6.45) is 0. The molecule has 0 aliphatic rings. The Hall–Kier alpha value is -2.44. The fourth-order valence-corrected chi connectivity index (χ4v) is 4.21. The van der Waals surface area contributed by atoms with Crippen molar-refractivity contribution in [1.29, 1.82) is 0 Å². The maximum atomic E-state index is 12.6. The quantitative estimate of drug-likeness (QED) is 0.546. The van der Waals surface area contributed by atoms with Gasteiger partial charge in [-0.1, -0.05) is 60.7 Å². The van der Waals surface area contributed by atoms with Crippen LogP contribution < -0.4 is 10.6 Å². The van der Waals surface area contributed by atoms with Crippen molar-refractivity contribution in [3.63, 3.8) is 0 Å². The fourth-order valence-electron chi connectivity index (χ4n) is 2.92. The molecule has 3 rings (SSSR count). The van der Waals surface area contributed by atoms with E-state index >= 15 is 0 Å². The SMILES string of the molecule is CC(NC(=O)c1ccc(Br)s1)C(=O)NCC(c1ccccc1)c1ccccc1. The van der Waals surface area contributed by atoms with Gasteiger partial charge in [0.2, 0.25) is 5.91 Å². The zero-order chi connectivity index (χ0) is 19.9. The largest absolute Gasteiger partial charge is 0.353 e. The minimum Gasteiger partial charge on any atom is -0.353 e. The lowest BCUT2D eigenvalue weighted by molar-refractivity contribution is -0.122. The number of amides is 2. The van der Waals surface area contributed by atoms with E-state index in [-0.39, 0.29) is 17.7 Å². The Morgan fingerprint density at radius 2 is 1.50 bits per heavy atom. The van der Waals surface area contributed by atoms with Gasteiger partial charge in [0.1, 0.15) is 6.04 Å². The first kappa shape index (κ1) is 20.3. The Morgan fingerprint density at radius 1 is 0.929 bits per heavy atom. The Morgan fingerprint density at radius 3 is 2.00 bits per heavy atom. The number of hydrogen-bond donors (Lipinski definition) is 2. The smallest absolute Gasteiger partial charge is 0.262 e. The van der Waals surface area contributed by atoms with Gasteiger partial charge in [-0.2, -0.15) is 0 Å². The summed E-state index contributed by atoms with van der Waals surface area (Å²) < 4.78 is 0.878. The number of nitrogens with one attached hydrogen (secondary N) is 2. The van der Waals surface area contributed by atoms with Gasteiger partial charge >= 0.3 is 0 Å². The first-order valence-corrected chi connectivity index (χ1v) is 10.6. The van der Waals surface area contributed by atoms with Crippen LogP contribution in [0.1, 0.15) is 33.6 Å². The van der Waals surface area contributed by atoms with Crippen LogP contribution in [-0.4, -0.2) is 24.4 Å². The first-order chi connectivity index (χ1) is 13.5. The molecule has 2 amide bonds. The summed E-state index contributed by atoms with van der Waals surface area (Å²) in [5.41, 5.74) is 2.27. The van der Waals surface area contributed by atoms with Crippen LogP contribution in [-0.2, 0) is 4.79 Å². The molecular formula is C22H21BrN2O2S. The Kier molecular flexibility index (Phi) is 7.01. The average molecular weight is 457 g/mol. The van der Waals surface area contributed by atoms with E-state index in [4.69, 9.17) is 0 Å². The summed E-state index contributed by atoms with van der Waals surface area (Å²) in [4.78, 5) is 25.4. The molecule has 1 aromatic heterocycles. The number of carbonyl (C=O) groups is 2. The third kappa shape index (κ3) is 5.30. The van der Waals surface area contributed by atoms with Gasteiger partial charge in [0.25, 0.3) is 5.91 Å². The predicted molar refractivity (Wildman–Crippen MR) is 117 cm³/mol. The summed E-state index contributed by atoms with van der Waals surface area (Å²) in [5.74, 6) is -0.413. The summed E-state index contributed by atoms with van der Waals surface area (Å²) in [5, 5.41) is 5.73. The molecule has 1 unspecified atom stereocenters. The van der Waals surface area contributed by atoms with E-state index in [2.05, 4.69) is 50.8 Å². The van der Waals surface area contributed by atoms with Gasteiger partial charge in [-0.25, -0.2) is 0 Å². The lowest BCUT2D eigenvalue weighted by Gasteiger charge is -2.20. The van der Waals surface area contributed by atoms with Crippen molar-refractivity contribution in [2.75, 3.05) is 6.54 Å². The number of halogens is 1. The Bertz CT molecular complexity index is 888. The second kappa shape index (κ2) is 9.66. The molecule has 0 bridgehead atoms. The van der Waals surface area contributed by atoms with Gasteiger partial charge in [0.15, 0.2) is 0 Å². The molecule has 1 heterocycles. The van der Waals surface area contributed by atoms with Crippen LogP contribution >= 0.6 is 27.3 Å². The Balaban J connectivity index is 1.64. The molecule has 0 aliphatic carbocycles. The van der Waals surface area contributed by atoms with Crippen LogP contribution in [0.15, 0.2) is 76.6 Å². The number of hydrogen-bond acceptors (Lipinski definition) is 3. The third-order valence-corrected chi connectivity index (χ3v) is 6.04. The molecule has 1 atom stereocenters. The molecular weight excluding hydrogens is 436 g/mol. The first-order valence-electron chi connectivity index (χ1n) is 8.98. The molecule has 2 N–H and O–H groups in total. The zero-order valence-electron chi connectivity index (χ0n) is 15.4. The molecule has 144 valence electrons. The minimum atomic E-state index is -0.624. The van der Waals surface area contributed by atoms with Crippen LogP contribution in [0, 0.1) is 0 Å². The number of carbonyl (C=O) groups excluding carboxylic acids is 2. The Labute approximate surface area is 177 Å². The molecule has 0 fully saturated rings. The third-order valence-electron chi connectivity index (χ3n) is 4.42. The van der Waals surface area contributed by atoms with E-state index in [1.165, 1.54) is 11.3 Å². The summed E-state index contributed by atoms with van der Waals surface area (Å²) in [6, 6.07) is 23.1. The van der Waals surface area contributed by atoms with Crippen LogP contribution in [0.5, 0.6) is 0 Å². The van der Waals surface area contributed by atoms with Gasteiger partial charge < -0.3 is 10.6 Å². The molecule has 6 heteroatoms. The van der Waals surface area contributed by atoms with E-state index in [9.17, 15) is 9.59 Å². The van der Waals surface area contributed by atoms with Crippen LogP contribution in [0.3, 0.4) is 0 Å². The highest BCUT2D eigenvalue weighted by molar-refractivity contribution is 9.11. The monoisotopic (exact) mass is 456 g/mol. The van der Waals surface area contributed by atoms with Crippen LogP contribution in [0.2, 0.25) is 0 Å². The van der Waals surface area contributed by atoms with Crippen molar-refractivity contribution in [3.05, 3.63) is 92.6 Å². The second-order valence-corrected chi connectivity index (χ2v) is 8.88. The average Bonchev–Trinajstić information content (AvgIpc) is 3.16. The minimum absolute atomic E-state index is 0.0440. The number of benzene rings is 2. The van der Waals surface area contributed by atoms with Crippen molar-refractivity contribution in [2.24, 2.45) is 0 Å². The molecule has 0 spiro atoms. The van der Waals surface area contributed by atoms with E-state index in [0.717, 1.165) is 14.9 Å². The zero-order valence-corrected chi connectivity index (χ0v) is 17.8. The van der Waals surface area contributed by atoms with Crippen molar-refractivity contribution in [3.8, 4) is 0 Å².